The Morgan fingerprint density at radius 3 is 2.74 bits per heavy atom. The number of halogens is 1. The minimum absolute atomic E-state index is 0.136. The van der Waals surface area contributed by atoms with Gasteiger partial charge in [0.05, 0.1) is 23.6 Å². The Morgan fingerprint density at radius 1 is 1.15 bits per heavy atom. The summed E-state index contributed by atoms with van der Waals surface area (Å²) >= 11 is 6.31. The molecule has 1 aliphatic rings. The lowest BCUT2D eigenvalue weighted by molar-refractivity contribution is 0.203. The molecule has 1 amide bonds. The zero-order valence-electron chi connectivity index (χ0n) is 21.0. The third-order valence-corrected chi connectivity index (χ3v) is 7.32. The molecule has 0 spiro atoms. The van der Waals surface area contributed by atoms with Crippen molar-refractivity contribution in [2.24, 2.45) is 0 Å². The maximum atomic E-state index is 13.4. The number of nitrogens with zero attached hydrogens (tertiary/aromatic N) is 7. The van der Waals surface area contributed by atoms with E-state index in [-0.39, 0.29) is 11.6 Å². The fourth-order valence-electron chi connectivity index (χ4n) is 5.13. The summed E-state index contributed by atoms with van der Waals surface area (Å²) in [5.74, 6) is 0.696. The van der Waals surface area contributed by atoms with Crippen LogP contribution in [0.2, 0.25) is 5.02 Å². The van der Waals surface area contributed by atoms with Gasteiger partial charge >= 0.3 is 6.09 Å². The molecule has 0 saturated carbocycles. The molecule has 0 radical (unpaired) electrons. The number of H-pyrrole nitrogens is 1. The number of aryl methyl sites for hydroxylation is 2. The lowest BCUT2D eigenvalue weighted by Crippen LogP contribution is -2.24. The van der Waals surface area contributed by atoms with E-state index in [0.29, 0.717) is 23.0 Å². The number of tetrazole rings is 1. The molecule has 5 aromatic rings. The van der Waals surface area contributed by atoms with Gasteiger partial charge in [-0.2, -0.15) is 4.68 Å². The van der Waals surface area contributed by atoms with Gasteiger partial charge in [-0.1, -0.05) is 17.7 Å². The van der Waals surface area contributed by atoms with Crippen molar-refractivity contribution in [3.63, 3.8) is 0 Å². The number of aromatic nitrogens is 7. The normalized spacial score (nSPS) is 14.4. The number of hydrogen-bond acceptors (Lipinski definition) is 6. The van der Waals surface area contributed by atoms with Gasteiger partial charge in [0.25, 0.3) is 5.56 Å². The number of anilines is 1. The van der Waals surface area contributed by atoms with E-state index in [2.05, 4.69) is 25.5 Å². The average molecular weight is 543 g/mol. The van der Waals surface area contributed by atoms with Crippen LogP contribution in [0.25, 0.3) is 28.1 Å². The molecule has 1 aliphatic heterocycles. The number of carboxylic acid groups (broad SMARTS) is 1. The molecular weight excluding hydrogens is 520 g/mol. The number of nitrogens with one attached hydrogen (secondary N) is 1. The van der Waals surface area contributed by atoms with E-state index in [1.54, 1.807) is 35.0 Å². The second kappa shape index (κ2) is 9.52. The standard InChI is InChI=1S/C27H23ClN8O3/c1-15-9-18(34(2)27(38)39)4-6-20(15)22-13-29-26(31-22)24-8-5-19-10-16(11-25(37)36(19)24)21-12-17(28)3-7-23(21)35-14-30-32-33-35/h3-4,6-7,9-14,24H,5,8H2,1-2H3,(H,29,31)(H,38,39). The summed E-state index contributed by atoms with van der Waals surface area (Å²) in [5.41, 5.74) is 6.18. The van der Waals surface area contributed by atoms with Gasteiger partial charge in [0, 0.05) is 40.6 Å². The smallest absolute Gasteiger partial charge is 0.411 e. The van der Waals surface area contributed by atoms with Crippen LogP contribution in [-0.4, -0.2) is 53.0 Å². The van der Waals surface area contributed by atoms with Crippen molar-refractivity contribution in [2.45, 2.75) is 25.8 Å². The lowest BCUT2D eigenvalue weighted by Gasteiger charge is -2.15. The van der Waals surface area contributed by atoms with Crippen LogP contribution in [0.1, 0.15) is 29.5 Å². The van der Waals surface area contributed by atoms with Crippen LogP contribution in [0.15, 0.2) is 65.8 Å². The molecule has 0 bridgehead atoms. The Bertz CT molecular complexity index is 1780. The third-order valence-electron chi connectivity index (χ3n) is 7.08. The second-order valence-electron chi connectivity index (χ2n) is 9.44. The number of hydrogen-bond donors (Lipinski definition) is 2. The van der Waals surface area contributed by atoms with Gasteiger partial charge in [-0.15, -0.1) is 5.10 Å². The molecule has 0 aliphatic carbocycles. The van der Waals surface area contributed by atoms with Gasteiger partial charge in [-0.05, 0) is 77.7 Å². The first-order chi connectivity index (χ1) is 18.8. The molecule has 12 heteroatoms. The van der Waals surface area contributed by atoms with Gasteiger partial charge in [0.1, 0.15) is 12.2 Å². The highest BCUT2D eigenvalue weighted by atomic mass is 35.5. The number of pyridine rings is 1. The maximum absolute atomic E-state index is 13.4. The van der Waals surface area contributed by atoms with Crippen LogP contribution >= 0.6 is 11.6 Å². The van der Waals surface area contributed by atoms with Gasteiger partial charge in [-0.25, -0.2) is 9.78 Å². The quantitative estimate of drug-likeness (QED) is 0.334. The van der Waals surface area contributed by atoms with Crippen LogP contribution in [0.3, 0.4) is 0 Å². The van der Waals surface area contributed by atoms with E-state index in [1.807, 2.05) is 31.2 Å². The Balaban J connectivity index is 1.34. The minimum atomic E-state index is -1.03. The summed E-state index contributed by atoms with van der Waals surface area (Å²) in [5, 5.41) is 21.2. The summed E-state index contributed by atoms with van der Waals surface area (Å²) in [6.07, 6.45) is 3.65. The van der Waals surface area contributed by atoms with Crippen molar-refractivity contribution >= 4 is 23.4 Å². The molecule has 6 rings (SSSR count). The number of rotatable bonds is 5. The van der Waals surface area contributed by atoms with Gasteiger partial charge < -0.3 is 14.7 Å². The number of imidazole rings is 1. The summed E-state index contributed by atoms with van der Waals surface area (Å²) in [6.45, 7) is 1.92. The van der Waals surface area contributed by atoms with E-state index in [4.69, 9.17) is 11.6 Å². The Kier molecular flexibility index (Phi) is 5.99. The zero-order valence-corrected chi connectivity index (χ0v) is 21.8. The number of carbonyl (C=O) groups is 1. The highest BCUT2D eigenvalue weighted by Crippen LogP contribution is 2.35. The molecular formula is C27H23ClN8O3. The zero-order chi connectivity index (χ0) is 27.3. The first-order valence-corrected chi connectivity index (χ1v) is 12.6. The molecule has 0 saturated heterocycles. The van der Waals surface area contributed by atoms with Crippen molar-refractivity contribution in [3.05, 3.63) is 93.5 Å². The number of fused-ring (bicyclic) bond motifs is 1. The SMILES string of the molecule is Cc1cc(N(C)C(=O)O)ccc1-c1cnc(C2CCc3cc(-c4cc(Cl)ccc4-n4cnnn4)cc(=O)n32)[nH]1. The summed E-state index contributed by atoms with van der Waals surface area (Å²) in [4.78, 5) is 33.9. The molecule has 11 nitrogen and oxygen atoms in total. The predicted octanol–water partition coefficient (Wildman–Crippen LogP) is 4.49. The van der Waals surface area contributed by atoms with E-state index in [0.717, 1.165) is 45.7 Å². The van der Waals surface area contributed by atoms with Crippen LogP contribution in [0.4, 0.5) is 10.5 Å². The minimum Gasteiger partial charge on any atom is -0.465 e. The molecule has 1 unspecified atom stereocenters. The van der Waals surface area contributed by atoms with Crippen molar-refractivity contribution in [2.75, 3.05) is 11.9 Å². The first-order valence-electron chi connectivity index (χ1n) is 12.2. The third kappa shape index (κ3) is 4.36. The van der Waals surface area contributed by atoms with E-state index in [9.17, 15) is 14.7 Å². The van der Waals surface area contributed by atoms with E-state index >= 15 is 0 Å². The summed E-state index contributed by atoms with van der Waals surface area (Å²) in [6, 6.07) is 14.2. The highest BCUT2D eigenvalue weighted by Gasteiger charge is 2.28. The number of amides is 1. The van der Waals surface area contributed by atoms with E-state index < -0.39 is 6.09 Å². The largest absolute Gasteiger partial charge is 0.465 e. The Morgan fingerprint density at radius 2 is 2.00 bits per heavy atom. The molecule has 0 fully saturated rings. The Hall–Kier alpha value is -4.77. The Labute approximate surface area is 227 Å². The molecule has 39 heavy (non-hydrogen) atoms. The van der Waals surface area contributed by atoms with Gasteiger partial charge in [0.15, 0.2) is 0 Å². The lowest BCUT2D eigenvalue weighted by atomic mass is 10.0. The van der Waals surface area contributed by atoms with Gasteiger partial charge in [0.2, 0.25) is 0 Å². The van der Waals surface area contributed by atoms with Gasteiger partial charge in [-0.3, -0.25) is 9.69 Å². The summed E-state index contributed by atoms with van der Waals surface area (Å²) in [7, 11) is 1.50. The first kappa shape index (κ1) is 24.6. The summed E-state index contributed by atoms with van der Waals surface area (Å²) < 4.78 is 3.32. The van der Waals surface area contributed by atoms with Crippen molar-refractivity contribution in [1.29, 1.82) is 0 Å². The predicted molar refractivity (Wildman–Crippen MR) is 146 cm³/mol. The van der Waals surface area contributed by atoms with Crippen LogP contribution in [-0.2, 0) is 6.42 Å². The van der Waals surface area contributed by atoms with Crippen LogP contribution < -0.4 is 10.5 Å². The molecule has 4 heterocycles. The average Bonchev–Trinajstić information content (AvgIpc) is 3.69. The molecule has 2 aromatic carbocycles. The van der Waals surface area contributed by atoms with Crippen molar-refractivity contribution in [3.8, 4) is 28.1 Å². The number of aromatic amines is 1. The highest BCUT2D eigenvalue weighted by molar-refractivity contribution is 6.31. The molecule has 2 N–H and O–H groups in total. The second-order valence-corrected chi connectivity index (χ2v) is 9.87. The fourth-order valence-corrected chi connectivity index (χ4v) is 5.30. The van der Waals surface area contributed by atoms with Crippen molar-refractivity contribution < 1.29 is 9.90 Å². The maximum Gasteiger partial charge on any atom is 0.411 e. The van der Waals surface area contributed by atoms with Crippen LogP contribution in [0, 0.1) is 6.92 Å². The molecule has 196 valence electrons. The molecule has 1 atom stereocenters. The monoisotopic (exact) mass is 542 g/mol. The van der Waals surface area contributed by atoms with Crippen LogP contribution in [0.5, 0.6) is 0 Å². The van der Waals surface area contributed by atoms with E-state index in [1.165, 1.54) is 23.0 Å². The topological polar surface area (TPSA) is 135 Å². The molecule has 3 aromatic heterocycles. The fraction of sp³-hybridized carbons (Fsp3) is 0.185. The van der Waals surface area contributed by atoms with Crippen molar-refractivity contribution in [1.82, 2.24) is 34.7 Å². The number of benzene rings is 2.